The van der Waals surface area contributed by atoms with E-state index in [1.807, 2.05) is 43.3 Å². The van der Waals surface area contributed by atoms with Gasteiger partial charge in [0, 0.05) is 12.2 Å². The molecule has 0 atom stereocenters. The molecule has 118 valence electrons. The maximum Gasteiger partial charge on any atom is 0.233 e. The second kappa shape index (κ2) is 7.26. The van der Waals surface area contributed by atoms with Crippen molar-refractivity contribution in [1.82, 2.24) is 4.98 Å². The number of hydrogen-bond donors (Lipinski definition) is 1. The van der Waals surface area contributed by atoms with Gasteiger partial charge in [0.05, 0.1) is 17.6 Å². The third-order valence-electron chi connectivity index (χ3n) is 3.18. The molecular formula is C16H21N3O2S. The van der Waals surface area contributed by atoms with E-state index in [1.165, 1.54) is 0 Å². The zero-order valence-electron chi connectivity index (χ0n) is 12.9. The third-order valence-corrected chi connectivity index (χ3v) is 4.64. The van der Waals surface area contributed by atoms with Gasteiger partial charge in [0.25, 0.3) is 0 Å². The minimum atomic E-state index is -3.30. The molecule has 1 aromatic carbocycles. The number of sulfonamides is 1. The predicted octanol–water partition coefficient (Wildman–Crippen LogP) is 3.39. The largest absolute Gasteiger partial charge is 0.341 e. The molecule has 22 heavy (non-hydrogen) atoms. The van der Waals surface area contributed by atoms with E-state index in [0.29, 0.717) is 12.2 Å². The first kappa shape index (κ1) is 16.3. The highest BCUT2D eigenvalue weighted by molar-refractivity contribution is 7.92. The van der Waals surface area contributed by atoms with Crippen LogP contribution in [0.5, 0.6) is 0 Å². The number of nitrogens with zero attached hydrogens (tertiary/aromatic N) is 2. The van der Waals surface area contributed by atoms with Gasteiger partial charge in [-0.1, -0.05) is 25.1 Å². The van der Waals surface area contributed by atoms with Crippen LogP contribution in [0.15, 0.2) is 48.7 Å². The first-order valence-corrected chi connectivity index (χ1v) is 9.00. The summed E-state index contributed by atoms with van der Waals surface area (Å²) in [5.74, 6) is 0.447. The SMILES string of the molecule is CCCS(=O)(=O)Nc1ccc(N(CC)c2ccccc2)cn1. The molecule has 1 heterocycles. The van der Waals surface area contributed by atoms with Crippen molar-refractivity contribution in [2.75, 3.05) is 21.9 Å². The van der Waals surface area contributed by atoms with Crippen molar-refractivity contribution < 1.29 is 8.42 Å². The van der Waals surface area contributed by atoms with E-state index in [1.54, 1.807) is 12.3 Å². The summed E-state index contributed by atoms with van der Waals surface area (Å²) in [7, 11) is -3.30. The van der Waals surface area contributed by atoms with Gasteiger partial charge < -0.3 is 4.90 Å². The van der Waals surface area contributed by atoms with Gasteiger partial charge >= 0.3 is 0 Å². The normalized spacial score (nSPS) is 11.2. The van der Waals surface area contributed by atoms with Gasteiger partial charge in [-0.2, -0.15) is 0 Å². The molecule has 1 N–H and O–H groups in total. The van der Waals surface area contributed by atoms with Crippen LogP contribution in [0.3, 0.4) is 0 Å². The summed E-state index contributed by atoms with van der Waals surface area (Å²) < 4.78 is 26.0. The van der Waals surface area contributed by atoms with Crippen LogP contribution in [0, 0.1) is 0 Å². The maximum absolute atomic E-state index is 11.7. The van der Waals surface area contributed by atoms with Crippen LogP contribution in [-0.2, 0) is 10.0 Å². The fraction of sp³-hybridized carbons (Fsp3) is 0.312. The van der Waals surface area contributed by atoms with E-state index in [4.69, 9.17) is 0 Å². The van der Waals surface area contributed by atoms with Crippen molar-refractivity contribution in [3.8, 4) is 0 Å². The first-order valence-electron chi connectivity index (χ1n) is 7.35. The van der Waals surface area contributed by atoms with Crippen LogP contribution in [-0.4, -0.2) is 25.7 Å². The first-order chi connectivity index (χ1) is 10.6. The molecule has 0 aliphatic heterocycles. The van der Waals surface area contributed by atoms with Crippen LogP contribution in [0.4, 0.5) is 17.2 Å². The van der Waals surface area contributed by atoms with Crippen molar-refractivity contribution >= 4 is 27.2 Å². The molecule has 0 aliphatic carbocycles. The number of hydrogen-bond acceptors (Lipinski definition) is 4. The van der Waals surface area contributed by atoms with E-state index >= 15 is 0 Å². The molecule has 2 aromatic rings. The van der Waals surface area contributed by atoms with Crippen LogP contribution >= 0.6 is 0 Å². The molecule has 0 saturated carbocycles. The molecule has 0 spiro atoms. The van der Waals surface area contributed by atoms with Crippen LogP contribution in [0.25, 0.3) is 0 Å². The van der Waals surface area contributed by atoms with Crippen LogP contribution in [0.2, 0.25) is 0 Å². The highest BCUT2D eigenvalue weighted by atomic mass is 32.2. The Kier molecular flexibility index (Phi) is 5.38. The minimum absolute atomic E-state index is 0.0987. The zero-order valence-corrected chi connectivity index (χ0v) is 13.7. The second-order valence-corrected chi connectivity index (χ2v) is 6.74. The number of nitrogens with one attached hydrogen (secondary N) is 1. The van der Waals surface area contributed by atoms with Crippen molar-refractivity contribution in [2.24, 2.45) is 0 Å². The smallest absolute Gasteiger partial charge is 0.233 e. The monoisotopic (exact) mass is 319 g/mol. The Hall–Kier alpha value is -2.08. The predicted molar refractivity (Wildman–Crippen MR) is 91.1 cm³/mol. The fourth-order valence-electron chi connectivity index (χ4n) is 2.21. The quantitative estimate of drug-likeness (QED) is 0.849. The van der Waals surface area contributed by atoms with Gasteiger partial charge in [0.15, 0.2) is 0 Å². The Balaban J connectivity index is 2.17. The number of pyridine rings is 1. The lowest BCUT2D eigenvalue weighted by molar-refractivity contribution is 0.599. The van der Waals surface area contributed by atoms with Gasteiger partial charge in [0.1, 0.15) is 5.82 Å². The third kappa shape index (κ3) is 4.21. The van der Waals surface area contributed by atoms with Gasteiger partial charge in [-0.3, -0.25) is 4.72 Å². The maximum atomic E-state index is 11.7. The van der Waals surface area contributed by atoms with E-state index in [9.17, 15) is 8.42 Å². The average molecular weight is 319 g/mol. The Morgan fingerprint density at radius 3 is 2.32 bits per heavy atom. The molecule has 0 amide bonds. The highest BCUT2D eigenvalue weighted by Gasteiger charge is 2.11. The Labute approximate surface area is 132 Å². The molecule has 0 saturated heterocycles. The summed E-state index contributed by atoms with van der Waals surface area (Å²) in [6.07, 6.45) is 2.26. The molecule has 1 aromatic heterocycles. The minimum Gasteiger partial charge on any atom is -0.341 e. The van der Waals surface area contributed by atoms with Crippen LogP contribution < -0.4 is 9.62 Å². The van der Waals surface area contributed by atoms with E-state index in [-0.39, 0.29) is 5.75 Å². The topological polar surface area (TPSA) is 62.3 Å². The van der Waals surface area contributed by atoms with Gasteiger partial charge in [-0.05, 0) is 37.6 Å². The average Bonchev–Trinajstić information content (AvgIpc) is 2.50. The number of aromatic nitrogens is 1. The Bertz CT molecular complexity index is 685. The molecule has 5 nitrogen and oxygen atoms in total. The van der Waals surface area contributed by atoms with Crippen molar-refractivity contribution in [3.05, 3.63) is 48.7 Å². The lowest BCUT2D eigenvalue weighted by Crippen LogP contribution is -2.18. The van der Waals surface area contributed by atoms with E-state index < -0.39 is 10.0 Å². The van der Waals surface area contributed by atoms with Gasteiger partial charge in [0.2, 0.25) is 10.0 Å². The Morgan fingerprint density at radius 2 is 1.77 bits per heavy atom. The molecule has 2 rings (SSSR count). The molecule has 0 fully saturated rings. The summed E-state index contributed by atoms with van der Waals surface area (Å²) in [6, 6.07) is 13.6. The summed E-state index contributed by atoms with van der Waals surface area (Å²) in [5, 5.41) is 0. The fourth-order valence-corrected chi connectivity index (χ4v) is 3.29. The van der Waals surface area contributed by atoms with Crippen molar-refractivity contribution in [2.45, 2.75) is 20.3 Å². The van der Waals surface area contributed by atoms with Gasteiger partial charge in [-0.25, -0.2) is 13.4 Å². The summed E-state index contributed by atoms with van der Waals surface area (Å²) in [5.41, 5.74) is 2.00. The molecular weight excluding hydrogens is 298 g/mol. The lowest BCUT2D eigenvalue weighted by Gasteiger charge is -2.23. The molecule has 6 heteroatoms. The number of anilines is 3. The lowest BCUT2D eigenvalue weighted by atomic mass is 10.2. The standard InChI is InChI=1S/C16H21N3O2S/c1-3-12-22(20,21)18-16-11-10-15(13-17-16)19(4-2)14-8-6-5-7-9-14/h5-11,13H,3-4,12H2,1-2H3,(H,17,18). The molecule has 0 bridgehead atoms. The van der Waals surface area contributed by atoms with E-state index in [0.717, 1.165) is 17.9 Å². The summed E-state index contributed by atoms with van der Waals surface area (Å²) >= 11 is 0. The molecule has 0 aliphatic rings. The number of rotatable bonds is 7. The molecule has 0 radical (unpaired) electrons. The summed E-state index contributed by atoms with van der Waals surface area (Å²) in [6.45, 7) is 4.69. The van der Waals surface area contributed by atoms with E-state index in [2.05, 4.69) is 21.5 Å². The van der Waals surface area contributed by atoms with Crippen LogP contribution in [0.1, 0.15) is 20.3 Å². The van der Waals surface area contributed by atoms with Crippen molar-refractivity contribution in [1.29, 1.82) is 0 Å². The zero-order chi connectivity index (χ0) is 16.0. The van der Waals surface area contributed by atoms with Crippen molar-refractivity contribution in [3.63, 3.8) is 0 Å². The summed E-state index contributed by atoms with van der Waals surface area (Å²) in [4.78, 5) is 6.32. The van der Waals surface area contributed by atoms with Gasteiger partial charge in [-0.15, -0.1) is 0 Å². The second-order valence-electron chi connectivity index (χ2n) is 4.90. The Morgan fingerprint density at radius 1 is 1.05 bits per heavy atom. The molecule has 0 unspecified atom stereocenters. The number of para-hydroxylation sites is 1. The number of benzene rings is 1. The highest BCUT2D eigenvalue weighted by Crippen LogP contribution is 2.24.